The molecule has 0 bridgehead atoms. The number of benzene rings is 1. The minimum atomic E-state index is -0.372. The summed E-state index contributed by atoms with van der Waals surface area (Å²) in [6, 6.07) is 6.77. The third-order valence-corrected chi connectivity index (χ3v) is 3.76. The lowest BCUT2D eigenvalue weighted by Crippen LogP contribution is -2.38. The highest BCUT2D eigenvalue weighted by molar-refractivity contribution is 14.0. The molecule has 0 aliphatic carbocycles. The van der Waals surface area contributed by atoms with E-state index >= 15 is 0 Å². The maximum Gasteiger partial charge on any atom is 0.269 e. The van der Waals surface area contributed by atoms with Crippen molar-refractivity contribution in [3.05, 3.63) is 39.9 Å². The predicted molar refractivity (Wildman–Crippen MR) is 121 cm³/mol. The van der Waals surface area contributed by atoms with Gasteiger partial charge in [-0.3, -0.25) is 15.1 Å². The van der Waals surface area contributed by atoms with Gasteiger partial charge in [0.15, 0.2) is 5.96 Å². The molecule has 0 amide bonds. The van der Waals surface area contributed by atoms with Gasteiger partial charge in [-0.15, -0.1) is 24.0 Å². The molecule has 1 rings (SSSR count). The summed E-state index contributed by atoms with van der Waals surface area (Å²) in [7, 11) is 1.77. The number of unbranched alkanes of at least 4 members (excludes halogenated alkanes) is 1. The van der Waals surface area contributed by atoms with Crippen LogP contribution in [0.5, 0.6) is 0 Å². The SMILES string of the molecule is CN=C(NCCCCc1ccc([N+](=O)[O-])cc1)NCCCOCC(C)C.I. The van der Waals surface area contributed by atoms with E-state index in [1.54, 1.807) is 19.2 Å². The van der Waals surface area contributed by atoms with Crippen LogP contribution < -0.4 is 10.6 Å². The van der Waals surface area contributed by atoms with Crippen LogP contribution >= 0.6 is 24.0 Å². The number of nitro benzene ring substituents is 1. The van der Waals surface area contributed by atoms with Crippen LogP contribution in [-0.2, 0) is 11.2 Å². The van der Waals surface area contributed by atoms with E-state index < -0.39 is 0 Å². The first-order valence-corrected chi connectivity index (χ1v) is 9.28. The third-order valence-electron chi connectivity index (χ3n) is 3.76. The number of halogens is 1. The molecule has 0 spiro atoms. The van der Waals surface area contributed by atoms with Crippen LogP contribution in [-0.4, -0.2) is 44.2 Å². The Labute approximate surface area is 179 Å². The fourth-order valence-electron chi connectivity index (χ4n) is 2.37. The zero-order valence-corrected chi connectivity index (χ0v) is 18.9. The Balaban J connectivity index is 0.00000676. The largest absolute Gasteiger partial charge is 0.381 e. The van der Waals surface area contributed by atoms with Crippen LogP contribution in [0.3, 0.4) is 0 Å². The molecule has 2 N–H and O–H groups in total. The molecule has 8 heteroatoms. The van der Waals surface area contributed by atoms with Gasteiger partial charge in [-0.1, -0.05) is 26.0 Å². The maximum atomic E-state index is 10.6. The topological polar surface area (TPSA) is 88.8 Å². The first-order chi connectivity index (χ1) is 12.5. The number of nitrogens with one attached hydrogen (secondary N) is 2. The number of nitro groups is 1. The lowest BCUT2D eigenvalue weighted by Gasteiger charge is -2.12. The molecule has 0 aliphatic rings. The molecule has 0 fully saturated rings. The summed E-state index contributed by atoms with van der Waals surface area (Å²) in [5, 5.41) is 17.2. The number of non-ortho nitro benzene ring substituents is 1. The van der Waals surface area contributed by atoms with E-state index in [4.69, 9.17) is 4.74 Å². The summed E-state index contributed by atoms with van der Waals surface area (Å²) in [6.45, 7) is 7.54. The zero-order chi connectivity index (χ0) is 19.2. The van der Waals surface area contributed by atoms with Gasteiger partial charge in [-0.05, 0) is 37.2 Å². The smallest absolute Gasteiger partial charge is 0.269 e. The second-order valence-corrected chi connectivity index (χ2v) is 6.63. The number of rotatable bonds is 12. The maximum absolute atomic E-state index is 10.6. The van der Waals surface area contributed by atoms with Crippen molar-refractivity contribution in [2.75, 3.05) is 33.4 Å². The van der Waals surface area contributed by atoms with E-state index in [-0.39, 0.29) is 34.6 Å². The Hall–Kier alpha value is -1.42. The highest BCUT2D eigenvalue weighted by Gasteiger charge is 2.03. The van der Waals surface area contributed by atoms with Gasteiger partial charge >= 0.3 is 0 Å². The fourth-order valence-corrected chi connectivity index (χ4v) is 2.37. The lowest BCUT2D eigenvalue weighted by atomic mass is 10.1. The average Bonchev–Trinajstić information content (AvgIpc) is 2.62. The van der Waals surface area contributed by atoms with Crippen molar-refractivity contribution < 1.29 is 9.66 Å². The number of ether oxygens (including phenoxy) is 1. The van der Waals surface area contributed by atoms with E-state index in [1.165, 1.54) is 0 Å². The highest BCUT2D eigenvalue weighted by atomic mass is 127. The third kappa shape index (κ3) is 12.6. The second-order valence-electron chi connectivity index (χ2n) is 6.63. The molecule has 0 saturated carbocycles. The molecule has 154 valence electrons. The van der Waals surface area contributed by atoms with E-state index in [0.717, 1.165) is 63.5 Å². The van der Waals surface area contributed by atoms with Crippen molar-refractivity contribution in [3.63, 3.8) is 0 Å². The molecule has 1 aromatic rings. The molecular formula is C19H33IN4O3. The minimum Gasteiger partial charge on any atom is -0.381 e. The molecule has 0 heterocycles. The summed E-state index contributed by atoms with van der Waals surface area (Å²) in [5.41, 5.74) is 1.26. The Bertz CT molecular complexity index is 550. The molecule has 0 radical (unpaired) electrons. The Morgan fingerprint density at radius 3 is 2.33 bits per heavy atom. The van der Waals surface area contributed by atoms with Gasteiger partial charge in [0.25, 0.3) is 5.69 Å². The molecule has 0 aliphatic heterocycles. The monoisotopic (exact) mass is 492 g/mol. The van der Waals surface area contributed by atoms with Gasteiger partial charge in [-0.25, -0.2) is 0 Å². The molecule has 1 aromatic carbocycles. The van der Waals surface area contributed by atoms with Gasteiger partial charge in [0, 0.05) is 45.5 Å². The molecule has 0 atom stereocenters. The zero-order valence-electron chi connectivity index (χ0n) is 16.6. The molecule has 0 unspecified atom stereocenters. The van der Waals surface area contributed by atoms with Gasteiger partial charge in [0.2, 0.25) is 0 Å². The molecule has 0 saturated heterocycles. The number of guanidine groups is 1. The van der Waals surface area contributed by atoms with Crippen molar-refractivity contribution in [2.45, 2.75) is 39.5 Å². The lowest BCUT2D eigenvalue weighted by molar-refractivity contribution is -0.384. The van der Waals surface area contributed by atoms with Crippen LogP contribution in [0.4, 0.5) is 5.69 Å². The van der Waals surface area contributed by atoms with Crippen molar-refractivity contribution in [1.82, 2.24) is 10.6 Å². The standard InChI is InChI=1S/C19H32N4O3.HI/c1-16(2)15-26-14-6-13-22-19(20-3)21-12-5-4-7-17-8-10-18(11-9-17)23(24)25;/h8-11,16H,4-7,12-15H2,1-3H3,(H2,20,21,22);1H. The number of aliphatic imine (C=N–C) groups is 1. The van der Waals surface area contributed by atoms with E-state index in [1.807, 2.05) is 12.1 Å². The Morgan fingerprint density at radius 1 is 1.15 bits per heavy atom. The second kappa shape index (κ2) is 15.6. The van der Waals surface area contributed by atoms with Gasteiger partial charge in [0.1, 0.15) is 0 Å². The number of aryl methyl sites for hydroxylation is 1. The number of hydrogen-bond acceptors (Lipinski definition) is 4. The van der Waals surface area contributed by atoms with Crippen LogP contribution in [0, 0.1) is 16.0 Å². The van der Waals surface area contributed by atoms with E-state index in [2.05, 4.69) is 29.5 Å². The molecular weight excluding hydrogens is 459 g/mol. The van der Waals surface area contributed by atoms with Gasteiger partial charge < -0.3 is 15.4 Å². The Kier molecular flexibility index (Phi) is 14.8. The molecule has 27 heavy (non-hydrogen) atoms. The van der Waals surface area contributed by atoms with Crippen LogP contribution in [0.25, 0.3) is 0 Å². The van der Waals surface area contributed by atoms with Crippen LogP contribution in [0.15, 0.2) is 29.3 Å². The quantitative estimate of drug-likeness (QED) is 0.116. The van der Waals surface area contributed by atoms with Gasteiger partial charge in [-0.2, -0.15) is 0 Å². The van der Waals surface area contributed by atoms with Crippen LogP contribution in [0.2, 0.25) is 0 Å². The first kappa shape index (κ1) is 25.6. The first-order valence-electron chi connectivity index (χ1n) is 9.28. The number of hydrogen-bond donors (Lipinski definition) is 2. The minimum absolute atomic E-state index is 0. The van der Waals surface area contributed by atoms with Crippen molar-refractivity contribution in [1.29, 1.82) is 0 Å². The summed E-state index contributed by atoms with van der Waals surface area (Å²) in [4.78, 5) is 14.5. The van der Waals surface area contributed by atoms with E-state index in [9.17, 15) is 10.1 Å². The number of nitrogens with zero attached hydrogens (tertiary/aromatic N) is 2. The summed E-state index contributed by atoms with van der Waals surface area (Å²) >= 11 is 0. The van der Waals surface area contributed by atoms with Crippen LogP contribution in [0.1, 0.15) is 38.7 Å². The summed E-state index contributed by atoms with van der Waals surface area (Å²) in [6.07, 6.45) is 3.90. The van der Waals surface area contributed by atoms with Gasteiger partial charge in [0.05, 0.1) is 4.92 Å². The molecule has 0 aromatic heterocycles. The van der Waals surface area contributed by atoms with Crippen molar-refractivity contribution >= 4 is 35.6 Å². The van der Waals surface area contributed by atoms with Crippen molar-refractivity contribution in [3.8, 4) is 0 Å². The predicted octanol–water partition coefficient (Wildman–Crippen LogP) is 3.76. The van der Waals surface area contributed by atoms with E-state index in [0.29, 0.717) is 5.92 Å². The summed E-state index contributed by atoms with van der Waals surface area (Å²) in [5.74, 6) is 1.38. The highest BCUT2D eigenvalue weighted by Crippen LogP contribution is 2.13. The Morgan fingerprint density at radius 2 is 1.78 bits per heavy atom. The van der Waals surface area contributed by atoms with Crippen molar-refractivity contribution in [2.24, 2.45) is 10.9 Å². The molecule has 7 nitrogen and oxygen atoms in total. The average molecular weight is 492 g/mol. The fraction of sp³-hybridized carbons (Fsp3) is 0.632. The summed E-state index contributed by atoms with van der Waals surface area (Å²) < 4.78 is 5.55. The normalized spacial score (nSPS) is 11.2.